The van der Waals surface area contributed by atoms with Gasteiger partial charge in [0, 0.05) is 11.0 Å². The number of benzene rings is 1. The zero-order valence-electron chi connectivity index (χ0n) is 6.34. The second-order valence-electron chi connectivity index (χ2n) is 2.12. The lowest BCUT2D eigenvalue weighted by Gasteiger charge is -2.02. The van der Waals surface area contributed by atoms with Crippen LogP contribution in [0.5, 0.6) is 5.75 Å². The molecule has 2 nitrogen and oxygen atoms in total. The summed E-state index contributed by atoms with van der Waals surface area (Å²) in [5.74, 6) is -0.453. The van der Waals surface area contributed by atoms with Gasteiger partial charge in [-0.15, -0.1) is 12.6 Å². The highest BCUT2D eigenvalue weighted by molar-refractivity contribution is 7.80. The Morgan fingerprint density at radius 2 is 2.25 bits per heavy atom. The smallest absolute Gasteiger partial charge is 0.166 e. The Morgan fingerprint density at radius 3 is 2.75 bits per heavy atom. The summed E-state index contributed by atoms with van der Waals surface area (Å²) in [4.78, 5) is 0.316. The first kappa shape index (κ1) is 8.88. The minimum absolute atomic E-state index is 0.0596. The third kappa shape index (κ3) is 1.51. The van der Waals surface area contributed by atoms with Crippen molar-refractivity contribution in [3.63, 3.8) is 0 Å². The second-order valence-corrected chi connectivity index (χ2v) is 2.60. The predicted octanol–water partition coefficient (Wildman–Crippen LogP) is 1.99. The van der Waals surface area contributed by atoms with E-state index in [4.69, 9.17) is 5.26 Å². The molecule has 1 rings (SSSR count). The fraction of sp³-hybridized carbons (Fsp3) is 0.125. The molecule has 1 aromatic carbocycles. The van der Waals surface area contributed by atoms with E-state index in [1.165, 1.54) is 13.2 Å². The third-order valence-electron chi connectivity index (χ3n) is 1.39. The molecule has 1 aromatic rings. The van der Waals surface area contributed by atoms with E-state index in [1.54, 1.807) is 0 Å². The summed E-state index contributed by atoms with van der Waals surface area (Å²) >= 11 is 3.92. The first-order chi connectivity index (χ1) is 5.69. The summed E-state index contributed by atoms with van der Waals surface area (Å²) < 4.78 is 17.6. The van der Waals surface area contributed by atoms with Crippen LogP contribution in [0.15, 0.2) is 17.0 Å². The number of ether oxygens (including phenoxy) is 1. The molecule has 0 saturated heterocycles. The SMILES string of the molecule is COc1cc(C#N)c(S)cc1F. The topological polar surface area (TPSA) is 33.0 Å². The molecule has 0 heterocycles. The molecule has 0 saturated carbocycles. The second kappa shape index (κ2) is 3.46. The Hall–Kier alpha value is -1.21. The molecule has 0 aliphatic heterocycles. The van der Waals surface area contributed by atoms with Crippen LogP contribution in [0.2, 0.25) is 0 Å². The highest BCUT2D eigenvalue weighted by Gasteiger charge is 2.06. The molecule has 4 heteroatoms. The monoisotopic (exact) mass is 183 g/mol. The number of methoxy groups -OCH3 is 1. The van der Waals surface area contributed by atoms with Gasteiger partial charge in [-0.1, -0.05) is 0 Å². The summed E-state index contributed by atoms with van der Waals surface area (Å²) in [6.45, 7) is 0. The van der Waals surface area contributed by atoms with Crippen LogP contribution in [0.4, 0.5) is 4.39 Å². The molecule has 0 aliphatic carbocycles. The Kier molecular flexibility index (Phi) is 2.56. The van der Waals surface area contributed by atoms with Crippen molar-refractivity contribution in [2.24, 2.45) is 0 Å². The Balaban J connectivity index is 3.30. The highest BCUT2D eigenvalue weighted by Crippen LogP contribution is 2.23. The minimum Gasteiger partial charge on any atom is -0.494 e. The van der Waals surface area contributed by atoms with Crippen molar-refractivity contribution in [3.8, 4) is 11.8 Å². The lowest BCUT2D eigenvalue weighted by Crippen LogP contribution is -1.90. The normalized spacial score (nSPS) is 9.17. The van der Waals surface area contributed by atoms with Crippen molar-refractivity contribution in [1.29, 1.82) is 5.26 Å². The molecule has 0 amide bonds. The number of hydrogen-bond acceptors (Lipinski definition) is 3. The number of rotatable bonds is 1. The molecule has 0 atom stereocenters. The fourth-order valence-corrected chi connectivity index (χ4v) is 1.02. The van der Waals surface area contributed by atoms with Crippen molar-refractivity contribution < 1.29 is 9.13 Å². The quantitative estimate of drug-likeness (QED) is 0.675. The van der Waals surface area contributed by atoms with Gasteiger partial charge in [0.15, 0.2) is 11.6 Å². The van der Waals surface area contributed by atoms with Crippen LogP contribution in [-0.2, 0) is 0 Å². The average molecular weight is 183 g/mol. The van der Waals surface area contributed by atoms with Gasteiger partial charge < -0.3 is 4.74 Å². The molecule has 0 unspecified atom stereocenters. The molecule has 0 bridgehead atoms. The number of nitriles is 1. The molecule has 0 aromatic heterocycles. The first-order valence-electron chi connectivity index (χ1n) is 3.15. The number of halogens is 1. The summed E-state index contributed by atoms with van der Waals surface area (Å²) in [6.07, 6.45) is 0. The van der Waals surface area contributed by atoms with Gasteiger partial charge in [0.2, 0.25) is 0 Å². The maximum absolute atomic E-state index is 12.9. The van der Waals surface area contributed by atoms with Crippen molar-refractivity contribution in [1.82, 2.24) is 0 Å². The van der Waals surface area contributed by atoms with Gasteiger partial charge in [-0.2, -0.15) is 5.26 Å². The molecule has 0 radical (unpaired) electrons. The maximum atomic E-state index is 12.9. The van der Waals surface area contributed by atoms with Crippen molar-refractivity contribution in [2.75, 3.05) is 7.11 Å². The molecule has 12 heavy (non-hydrogen) atoms. The van der Waals surface area contributed by atoms with E-state index in [1.807, 2.05) is 6.07 Å². The molecular formula is C8H6FNOS. The van der Waals surface area contributed by atoms with E-state index in [0.29, 0.717) is 10.5 Å². The van der Waals surface area contributed by atoms with Crippen LogP contribution in [0.1, 0.15) is 5.56 Å². The van der Waals surface area contributed by atoms with E-state index in [9.17, 15) is 4.39 Å². The van der Waals surface area contributed by atoms with E-state index in [2.05, 4.69) is 17.4 Å². The van der Waals surface area contributed by atoms with Gasteiger partial charge in [0.25, 0.3) is 0 Å². The van der Waals surface area contributed by atoms with Crippen LogP contribution in [0, 0.1) is 17.1 Å². The third-order valence-corrected chi connectivity index (χ3v) is 1.76. The van der Waals surface area contributed by atoms with Crippen LogP contribution < -0.4 is 4.74 Å². The molecule has 0 N–H and O–H groups in total. The fourth-order valence-electron chi connectivity index (χ4n) is 0.789. The Labute approximate surface area is 75.0 Å². The van der Waals surface area contributed by atoms with Gasteiger partial charge in [0.05, 0.1) is 12.7 Å². The van der Waals surface area contributed by atoms with Crippen LogP contribution in [0.3, 0.4) is 0 Å². The molecule has 0 spiro atoms. The van der Waals surface area contributed by atoms with Crippen LogP contribution >= 0.6 is 12.6 Å². The molecule has 0 fully saturated rings. The maximum Gasteiger partial charge on any atom is 0.166 e. The van der Waals surface area contributed by atoms with Gasteiger partial charge in [-0.3, -0.25) is 0 Å². The number of nitrogens with zero attached hydrogens (tertiary/aromatic N) is 1. The van der Waals surface area contributed by atoms with E-state index < -0.39 is 5.82 Å². The summed E-state index contributed by atoms with van der Waals surface area (Å²) in [7, 11) is 1.34. The Morgan fingerprint density at radius 1 is 1.58 bits per heavy atom. The van der Waals surface area contributed by atoms with Crippen LogP contribution in [0.25, 0.3) is 0 Å². The predicted molar refractivity (Wildman–Crippen MR) is 44.9 cm³/mol. The standard InChI is InChI=1S/C8H6FNOS/c1-11-7-2-5(4-10)8(12)3-6(7)9/h2-3,12H,1H3. The van der Waals surface area contributed by atoms with E-state index in [0.717, 1.165) is 6.07 Å². The van der Waals surface area contributed by atoms with Gasteiger partial charge >= 0.3 is 0 Å². The first-order valence-corrected chi connectivity index (χ1v) is 3.60. The number of thiol groups is 1. The zero-order valence-corrected chi connectivity index (χ0v) is 7.23. The van der Waals surface area contributed by atoms with Crippen molar-refractivity contribution in [3.05, 3.63) is 23.5 Å². The average Bonchev–Trinajstić information content (AvgIpc) is 2.05. The highest BCUT2D eigenvalue weighted by atomic mass is 32.1. The summed E-state index contributed by atoms with van der Waals surface area (Å²) in [5.41, 5.74) is 0.302. The molecular weight excluding hydrogens is 177 g/mol. The zero-order chi connectivity index (χ0) is 9.14. The largest absolute Gasteiger partial charge is 0.494 e. The van der Waals surface area contributed by atoms with Crippen molar-refractivity contribution >= 4 is 12.6 Å². The van der Waals surface area contributed by atoms with Crippen LogP contribution in [-0.4, -0.2) is 7.11 Å². The van der Waals surface area contributed by atoms with Gasteiger partial charge in [-0.05, 0) is 6.07 Å². The summed E-state index contributed by atoms with van der Waals surface area (Å²) in [5, 5.41) is 8.55. The lowest BCUT2D eigenvalue weighted by molar-refractivity contribution is 0.385. The number of hydrogen-bond donors (Lipinski definition) is 1. The summed E-state index contributed by atoms with van der Waals surface area (Å²) in [6, 6.07) is 4.34. The molecule has 0 aliphatic rings. The molecule has 62 valence electrons. The minimum atomic E-state index is -0.512. The van der Waals surface area contributed by atoms with Gasteiger partial charge in [-0.25, -0.2) is 4.39 Å². The van der Waals surface area contributed by atoms with Gasteiger partial charge in [0.1, 0.15) is 6.07 Å². The Bertz CT molecular complexity index is 346. The van der Waals surface area contributed by atoms with E-state index >= 15 is 0 Å². The van der Waals surface area contributed by atoms with Crippen molar-refractivity contribution in [2.45, 2.75) is 4.90 Å². The lowest BCUT2D eigenvalue weighted by atomic mass is 10.2. The van der Waals surface area contributed by atoms with E-state index in [-0.39, 0.29) is 5.75 Å².